The molecule has 0 bridgehead atoms. The van der Waals surface area contributed by atoms with Crippen LogP contribution in [0.5, 0.6) is 11.6 Å². The number of aliphatic carboxylic acids is 1. The maximum absolute atomic E-state index is 10.9. The number of ether oxygens (including phenoxy) is 1. The number of anilines is 1. The number of hydrogen-bond acceptors (Lipinski definition) is 6. The van der Waals surface area contributed by atoms with E-state index in [1.807, 2.05) is 30.0 Å². The fraction of sp³-hybridized carbons (Fsp3) is 0.188. The number of aromatic nitrogens is 1. The molecule has 130 valence electrons. The van der Waals surface area contributed by atoms with Gasteiger partial charge in [0.25, 0.3) is 0 Å². The quantitative estimate of drug-likeness (QED) is 0.547. The molecule has 6 nitrogen and oxygen atoms in total. The zero-order valence-electron chi connectivity index (χ0n) is 13.0. The number of halogens is 1. The Bertz CT molecular complexity index is 973. The van der Waals surface area contributed by atoms with Crippen LogP contribution in [0.15, 0.2) is 34.3 Å². The van der Waals surface area contributed by atoms with Gasteiger partial charge in [-0.05, 0) is 37.3 Å². The number of hydrogen-bond donors (Lipinski definition) is 2. The average Bonchev–Trinajstić information content (AvgIpc) is 3.03. The summed E-state index contributed by atoms with van der Waals surface area (Å²) in [6.45, 7) is 2.29. The molecule has 1 aliphatic heterocycles. The van der Waals surface area contributed by atoms with Crippen molar-refractivity contribution in [3.05, 3.63) is 43.1 Å². The standard InChI is InChI=1S/C16H13BrN2O4S2/c1-2-18-10-7-9(17)3-4-11(10)23-13(18)6-5-12-15(22)19(8-14(20)21)16(24)25-12/h3-5,7,22H,2,8H2,1H3,(H,20,21). The van der Waals surface area contributed by atoms with E-state index in [1.165, 1.54) is 4.57 Å². The molecular formula is C16H13BrN2O4S2. The van der Waals surface area contributed by atoms with Crippen molar-refractivity contribution in [1.82, 2.24) is 4.57 Å². The topological polar surface area (TPSA) is 74.9 Å². The first-order valence-electron chi connectivity index (χ1n) is 7.26. The fourth-order valence-corrected chi connectivity index (χ4v) is 3.93. The lowest BCUT2D eigenvalue weighted by atomic mass is 10.3. The summed E-state index contributed by atoms with van der Waals surface area (Å²) in [5.41, 5.74) is 3.95. The van der Waals surface area contributed by atoms with E-state index in [2.05, 4.69) is 21.7 Å². The first-order chi connectivity index (χ1) is 11.9. The van der Waals surface area contributed by atoms with Gasteiger partial charge in [0.1, 0.15) is 6.54 Å². The third-order valence-corrected chi connectivity index (χ3v) is 5.37. The normalized spacial score (nSPS) is 12.6. The molecule has 25 heavy (non-hydrogen) atoms. The Morgan fingerprint density at radius 2 is 2.28 bits per heavy atom. The van der Waals surface area contributed by atoms with Crippen LogP contribution in [0, 0.1) is 3.95 Å². The summed E-state index contributed by atoms with van der Waals surface area (Å²) in [4.78, 5) is 13.2. The van der Waals surface area contributed by atoms with Gasteiger partial charge in [-0.25, -0.2) is 0 Å². The average molecular weight is 441 g/mol. The Morgan fingerprint density at radius 3 is 2.96 bits per heavy atom. The van der Waals surface area contributed by atoms with Crippen molar-refractivity contribution in [2.24, 2.45) is 0 Å². The molecule has 0 spiro atoms. The minimum Gasteiger partial charge on any atom is -0.493 e. The number of rotatable bonds is 4. The molecule has 1 aromatic carbocycles. The summed E-state index contributed by atoms with van der Waals surface area (Å²) in [5.74, 6) is -0.0393. The number of fused-ring (bicyclic) bond motifs is 1. The van der Waals surface area contributed by atoms with Crippen molar-refractivity contribution < 1.29 is 19.7 Å². The number of benzene rings is 1. The van der Waals surface area contributed by atoms with Crippen LogP contribution >= 0.6 is 39.5 Å². The summed E-state index contributed by atoms with van der Waals surface area (Å²) >= 11 is 9.66. The first kappa shape index (κ1) is 17.8. The Kier molecular flexibility index (Phi) is 5.01. The number of carboxylic acid groups (broad SMARTS) is 1. The van der Waals surface area contributed by atoms with Gasteiger partial charge < -0.3 is 19.8 Å². The molecule has 1 aliphatic rings. The van der Waals surface area contributed by atoms with E-state index in [1.54, 1.807) is 6.08 Å². The summed E-state index contributed by atoms with van der Waals surface area (Å²) in [6, 6.07) is 5.71. The van der Waals surface area contributed by atoms with Gasteiger partial charge in [0.2, 0.25) is 11.8 Å². The minimum absolute atomic E-state index is 0.188. The molecule has 0 fully saturated rings. The molecule has 3 rings (SSSR count). The van der Waals surface area contributed by atoms with E-state index in [9.17, 15) is 9.90 Å². The van der Waals surface area contributed by atoms with E-state index in [0.29, 0.717) is 17.3 Å². The van der Waals surface area contributed by atoms with Gasteiger partial charge in [-0.15, -0.1) is 11.3 Å². The van der Waals surface area contributed by atoms with Crippen molar-refractivity contribution in [3.8, 4) is 11.6 Å². The van der Waals surface area contributed by atoms with Crippen LogP contribution in [-0.2, 0) is 11.3 Å². The van der Waals surface area contributed by atoms with Gasteiger partial charge in [-0.3, -0.25) is 9.36 Å². The van der Waals surface area contributed by atoms with Crippen LogP contribution in [0.4, 0.5) is 5.69 Å². The summed E-state index contributed by atoms with van der Waals surface area (Å²) in [5, 5.41) is 19.1. The second-order valence-corrected chi connectivity index (χ2v) is 7.68. The molecule has 0 unspecified atom stereocenters. The highest BCUT2D eigenvalue weighted by Crippen LogP contribution is 2.40. The van der Waals surface area contributed by atoms with Gasteiger partial charge >= 0.3 is 5.97 Å². The largest absolute Gasteiger partial charge is 0.493 e. The van der Waals surface area contributed by atoms with Crippen molar-refractivity contribution in [3.63, 3.8) is 0 Å². The SMILES string of the molecule is CCN1C(=C=Cc2sc(=S)n(CC(=O)O)c2O)Oc2ccc(Br)cc21. The van der Waals surface area contributed by atoms with Gasteiger partial charge in [-0.1, -0.05) is 21.7 Å². The third kappa shape index (κ3) is 3.50. The molecule has 1 aromatic heterocycles. The Morgan fingerprint density at radius 1 is 1.52 bits per heavy atom. The zero-order chi connectivity index (χ0) is 18.1. The Balaban J connectivity index is 1.99. The van der Waals surface area contributed by atoms with Gasteiger partial charge in [0.15, 0.2) is 9.70 Å². The molecule has 2 aromatic rings. The van der Waals surface area contributed by atoms with E-state index in [0.717, 1.165) is 27.2 Å². The van der Waals surface area contributed by atoms with Crippen LogP contribution in [0.25, 0.3) is 6.08 Å². The highest BCUT2D eigenvalue weighted by molar-refractivity contribution is 9.10. The Hall–Kier alpha value is -2.06. The van der Waals surface area contributed by atoms with Crippen molar-refractivity contribution >= 4 is 57.2 Å². The highest BCUT2D eigenvalue weighted by atomic mass is 79.9. The first-order valence-corrected chi connectivity index (χ1v) is 9.28. The van der Waals surface area contributed by atoms with Gasteiger partial charge in [0, 0.05) is 17.1 Å². The molecule has 2 N–H and O–H groups in total. The number of carbonyl (C=O) groups is 1. The lowest BCUT2D eigenvalue weighted by Gasteiger charge is -2.13. The number of aromatic hydroxyl groups is 1. The van der Waals surface area contributed by atoms with Crippen LogP contribution in [0.2, 0.25) is 0 Å². The fourth-order valence-electron chi connectivity index (χ4n) is 2.39. The lowest BCUT2D eigenvalue weighted by molar-refractivity contribution is -0.137. The minimum atomic E-state index is -1.07. The molecule has 2 heterocycles. The maximum Gasteiger partial charge on any atom is 0.323 e. The second-order valence-electron chi connectivity index (χ2n) is 5.09. The maximum atomic E-state index is 10.9. The number of carboxylic acids is 1. The van der Waals surface area contributed by atoms with E-state index >= 15 is 0 Å². The zero-order valence-corrected chi connectivity index (χ0v) is 16.2. The predicted octanol–water partition coefficient (Wildman–Crippen LogP) is 4.20. The molecule has 0 saturated carbocycles. The van der Waals surface area contributed by atoms with E-state index in [-0.39, 0.29) is 16.4 Å². The highest BCUT2D eigenvalue weighted by Gasteiger charge is 2.25. The predicted molar refractivity (Wildman–Crippen MR) is 102 cm³/mol. The molecular weight excluding hydrogens is 428 g/mol. The summed E-state index contributed by atoms with van der Waals surface area (Å²) in [7, 11) is 0. The molecule has 9 heteroatoms. The lowest BCUT2D eigenvalue weighted by Crippen LogP contribution is -2.18. The smallest absolute Gasteiger partial charge is 0.323 e. The monoisotopic (exact) mass is 440 g/mol. The summed E-state index contributed by atoms with van der Waals surface area (Å²) < 4.78 is 8.20. The van der Waals surface area contributed by atoms with Crippen molar-refractivity contribution in [1.29, 1.82) is 0 Å². The van der Waals surface area contributed by atoms with Crippen LogP contribution in [0.3, 0.4) is 0 Å². The van der Waals surface area contributed by atoms with E-state index in [4.69, 9.17) is 22.1 Å². The van der Waals surface area contributed by atoms with E-state index < -0.39 is 5.97 Å². The van der Waals surface area contributed by atoms with Crippen LogP contribution in [0.1, 0.15) is 11.8 Å². The molecule has 0 amide bonds. The second kappa shape index (κ2) is 7.05. The molecule has 0 atom stereocenters. The Labute approximate surface area is 161 Å². The number of nitrogens with zero attached hydrogens (tertiary/aromatic N) is 2. The van der Waals surface area contributed by atoms with Gasteiger partial charge in [-0.2, -0.15) is 0 Å². The molecule has 0 radical (unpaired) electrons. The van der Waals surface area contributed by atoms with Crippen molar-refractivity contribution in [2.45, 2.75) is 13.5 Å². The van der Waals surface area contributed by atoms with Crippen molar-refractivity contribution in [2.75, 3.05) is 11.4 Å². The van der Waals surface area contributed by atoms with Gasteiger partial charge in [0.05, 0.1) is 10.6 Å². The van der Waals surface area contributed by atoms with Crippen LogP contribution < -0.4 is 9.64 Å². The molecule has 0 saturated heterocycles. The molecule has 0 aliphatic carbocycles. The third-order valence-electron chi connectivity index (χ3n) is 3.49. The summed E-state index contributed by atoms with van der Waals surface area (Å²) in [6.07, 6.45) is 1.55. The van der Waals surface area contributed by atoms with Crippen LogP contribution in [-0.4, -0.2) is 27.3 Å². The number of thiazole rings is 1.